The van der Waals surface area contributed by atoms with Gasteiger partial charge in [0.15, 0.2) is 0 Å². The van der Waals surface area contributed by atoms with E-state index in [0.717, 1.165) is 42.5 Å². The molecule has 4 nitrogen and oxygen atoms in total. The average molecular weight is 293 g/mol. The van der Waals surface area contributed by atoms with Crippen LogP contribution < -0.4 is 0 Å². The highest BCUT2D eigenvalue weighted by Crippen LogP contribution is 2.41. The fraction of sp³-hybridized carbons (Fsp3) is 0.467. The Morgan fingerprint density at radius 2 is 2.15 bits per heavy atom. The van der Waals surface area contributed by atoms with Crippen LogP contribution in [0, 0.1) is 5.41 Å². The number of aliphatic carboxylic acids is 1. The van der Waals surface area contributed by atoms with Gasteiger partial charge in [-0.1, -0.05) is 24.4 Å². The van der Waals surface area contributed by atoms with Crippen LogP contribution in [-0.2, 0) is 18.3 Å². The maximum absolute atomic E-state index is 11.7. The topological polar surface area (TPSA) is 55.1 Å². The predicted octanol–water partition coefficient (Wildman–Crippen LogP) is 3.41. The van der Waals surface area contributed by atoms with Crippen LogP contribution in [0.2, 0.25) is 5.02 Å². The van der Waals surface area contributed by atoms with E-state index in [4.69, 9.17) is 11.6 Å². The first kappa shape index (κ1) is 13.4. The fourth-order valence-electron chi connectivity index (χ4n) is 3.20. The molecule has 0 radical (unpaired) electrons. The fourth-order valence-corrected chi connectivity index (χ4v) is 3.37. The Hall–Kier alpha value is -1.55. The van der Waals surface area contributed by atoms with Crippen molar-refractivity contribution in [3.05, 3.63) is 29.0 Å². The second kappa shape index (κ2) is 4.77. The van der Waals surface area contributed by atoms with Gasteiger partial charge in [0, 0.05) is 18.5 Å². The summed E-state index contributed by atoms with van der Waals surface area (Å²) in [6.45, 7) is 0. The third-order valence-electron chi connectivity index (χ3n) is 4.45. The molecule has 1 fully saturated rings. The Balaban J connectivity index is 2.02. The molecule has 1 aliphatic rings. The molecular formula is C15H17ClN2O2. The van der Waals surface area contributed by atoms with Crippen molar-refractivity contribution in [3.8, 4) is 0 Å². The van der Waals surface area contributed by atoms with Crippen molar-refractivity contribution in [2.75, 3.05) is 0 Å². The molecule has 0 spiro atoms. The van der Waals surface area contributed by atoms with Crippen LogP contribution in [-0.4, -0.2) is 20.6 Å². The lowest BCUT2D eigenvalue weighted by atomic mass is 9.82. The molecule has 106 valence electrons. The van der Waals surface area contributed by atoms with Gasteiger partial charge in [0.2, 0.25) is 0 Å². The summed E-state index contributed by atoms with van der Waals surface area (Å²) >= 11 is 5.99. The molecule has 20 heavy (non-hydrogen) atoms. The number of imidazole rings is 1. The van der Waals surface area contributed by atoms with Gasteiger partial charge < -0.3 is 9.67 Å². The summed E-state index contributed by atoms with van der Waals surface area (Å²) in [7, 11) is 1.93. The number of hydrogen-bond acceptors (Lipinski definition) is 2. The Bertz CT molecular complexity index is 672. The van der Waals surface area contributed by atoms with Crippen molar-refractivity contribution in [2.45, 2.75) is 32.1 Å². The summed E-state index contributed by atoms with van der Waals surface area (Å²) in [4.78, 5) is 16.2. The van der Waals surface area contributed by atoms with Crippen LogP contribution in [0.5, 0.6) is 0 Å². The third kappa shape index (κ3) is 2.08. The van der Waals surface area contributed by atoms with Crippen LogP contribution in [0.1, 0.15) is 31.5 Å². The van der Waals surface area contributed by atoms with E-state index in [1.54, 1.807) is 0 Å². The normalized spacial score (nSPS) is 17.7. The molecule has 0 amide bonds. The first-order valence-corrected chi connectivity index (χ1v) is 7.24. The minimum atomic E-state index is -0.694. The standard InChI is InChI=1S/C15H17ClN2O2/c1-18-12-5-4-10(16)8-11(12)17-13(18)9-15(14(19)20)6-2-3-7-15/h4-5,8H,2-3,6-7,9H2,1H3,(H,19,20). The Morgan fingerprint density at radius 3 is 2.80 bits per heavy atom. The van der Waals surface area contributed by atoms with E-state index >= 15 is 0 Å². The van der Waals surface area contributed by atoms with Crippen LogP contribution in [0.15, 0.2) is 18.2 Å². The van der Waals surface area contributed by atoms with Crippen molar-refractivity contribution in [1.82, 2.24) is 9.55 Å². The van der Waals surface area contributed by atoms with Crippen LogP contribution in [0.25, 0.3) is 11.0 Å². The quantitative estimate of drug-likeness (QED) is 0.943. The van der Waals surface area contributed by atoms with Gasteiger partial charge in [-0.05, 0) is 31.0 Å². The van der Waals surface area contributed by atoms with E-state index in [0.29, 0.717) is 11.4 Å². The lowest BCUT2D eigenvalue weighted by molar-refractivity contribution is -0.148. The highest BCUT2D eigenvalue weighted by molar-refractivity contribution is 6.31. The SMILES string of the molecule is Cn1c(CC2(C(=O)O)CCCC2)nc2cc(Cl)ccc21. The molecule has 0 atom stereocenters. The van der Waals surface area contributed by atoms with Gasteiger partial charge in [-0.25, -0.2) is 4.98 Å². The van der Waals surface area contributed by atoms with Crippen molar-refractivity contribution < 1.29 is 9.90 Å². The number of halogens is 1. The van der Waals surface area contributed by atoms with Crippen molar-refractivity contribution in [1.29, 1.82) is 0 Å². The highest BCUT2D eigenvalue weighted by Gasteiger charge is 2.42. The van der Waals surface area contributed by atoms with Gasteiger partial charge >= 0.3 is 5.97 Å². The van der Waals surface area contributed by atoms with E-state index < -0.39 is 11.4 Å². The lowest BCUT2D eigenvalue weighted by Crippen LogP contribution is -2.31. The van der Waals surface area contributed by atoms with Crippen molar-refractivity contribution in [2.24, 2.45) is 12.5 Å². The molecule has 1 aromatic carbocycles. The monoisotopic (exact) mass is 292 g/mol. The van der Waals surface area contributed by atoms with Gasteiger partial charge in [-0.3, -0.25) is 4.79 Å². The maximum atomic E-state index is 11.7. The molecule has 1 aliphatic carbocycles. The molecule has 2 aromatic rings. The van der Waals surface area contributed by atoms with Crippen LogP contribution in [0.4, 0.5) is 0 Å². The van der Waals surface area contributed by atoms with Crippen LogP contribution >= 0.6 is 11.6 Å². The number of benzene rings is 1. The zero-order valence-corrected chi connectivity index (χ0v) is 12.2. The maximum Gasteiger partial charge on any atom is 0.310 e. The van der Waals surface area contributed by atoms with E-state index in [-0.39, 0.29) is 0 Å². The minimum Gasteiger partial charge on any atom is -0.481 e. The van der Waals surface area contributed by atoms with Gasteiger partial charge in [-0.15, -0.1) is 0 Å². The Kier molecular flexibility index (Phi) is 3.21. The number of hydrogen-bond donors (Lipinski definition) is 1. The van der Waals surface area contributed by atoms with E-state index in [9.17, 15) is 9.90 Å². The van der Waals surface area contributed by atoms with Crippen molar-refractivity contribution in [3.63, 3.8) is 0 Å². The van der Waals surface area contributed by atoms with Gasteiger partial charge in [0.25, 0.3) is 0 Å². The average Bonchev–Trinajstić information content (AvgIpc) is 2.97. The van der Waals surface area contributed by atoms with E-state index in [1.165, 1.54) is 0 Å². The molecular weight excluding hydrogens is 276 g/mol. The molecule has 5 heteroatoms. The van der Waals surface area contributed by atoms with E-state index in [1.807, 2.05) is 29.8 Å². The molecule has 0 unspecified atom stereocenters. The summed E-state index contributed by atoms with van der Waals surface area (Å²) in [5.74, 6) is 0.131. The molecule has 3 rings (SSSR count). The highest BCUT2D eigenvalue weighted by atomic mass is 35.5. The number of aryl methyl sites for hydroxylation is 1. The summed E-state index contributed by atoms with van der Waals surface area (Å²) < 4.78 is 1.98. The second-order valence-electron chi connectivity index (χ2n) is 5.69. The first-order chi connectivity index (χ1) is 9.52. The molecule has 1 heterocycles. The summed E-state index contributed by atoms with van der Waals surface area (Å²) in [5, 5.41) is 10.2. The Morgan fingerprint density at radius 1 is 1.45 bits per heavy atom. The number of carboxylic acid groups (broad SMARTS) is 1. The molecule has 1 N–H and O–H groups in total. The smallest absolute Gasteiger partial charge is 0.310 e. The lowest BCUT2D eigenvalue weighted by Gasteiger charge is -2.23. The van der Waals surface area contributed by atoms with Crippen LogP contribution in [0.3, 0.4) is 0 Å². The number of fused-ring (bicyclic) bond motifs is 1. The number of aromatic nitrogens is 2. The summed E-state index contributed by atoms with van der Waals surface area (Å²) in [5.41, 5.74) is 1.18. The predicted molar refractivity (Wildman–Crippen MR) is 78.0 cm³/mol. The van der Waals surface area contributed by atoms with Gasteiger partial charge in [-0.2, -0.15) is 0 Å². The number of carboxylic acids is 1. The first-order valence-electron chi connectivity index (χ1n) is 6.86. The van der Waals surface area contributed by atoms with Crippen molar-refractivity contribution >= 4 is 28.6 Å². The molecule has 0 saturated heterocycles. The zero-order valence-electron chi connectivity index (χ0n) is 11.4. The number of nitrogens with zero attached hydrogens (tertiary/aromatic N) is 2. The summed E-state index contributed by atoms with van der Waals surface area (Å²) in [6.07, 6.45) is 3.95. The van der Waals surface area contributed by atoms with Gasteiger partial charge in [0.05, 0.1) is 16.4 Å². The van der Waals surface area contributed by atoms with E-state index in [2.05, 4.69) is 4.98 Å². The number of rotatable bonds is 3. The number of carbonyl (C=O) groups is 1. The molecule has 0 bridgehead atoms. The second-order valence-corrected chi connectivity index (χ2v) is 6.13. The third-order valence-corrected chi connectivity index (χ3v) is 4.68. The van der Waals surface area contributed by atoms with Gasteiger partial charge in [0.1, 0.15) is 5.82 Å². The molecule has 1 aromatic heterocycles. The molecule has 0 aliphatic heterocycles. The Labute approximate surface area is 122 Å². The minimum absolute atomic E-state index is 0.491. The molecule has 1 saturated carbocycles. The zero-order chi connectivity index (χ0) is 14.3. The summed E-state index contributed by atoms with van der Waals surface area (Å²) in [6, 6.07) is 5.58. The largest absolute Gasteiger partial charge is 0.481 e.